The molecule has 2 amide bonds. The van der Waals surface area contributed by atoms with Crippen molar-refractivity contribution < 1.29 is 31.8 Å². The highest BCUT2D eigenvalue weighted by atomic mass is 19.4. The fraction of sp³-hybridized carbons (Fsp3) is 0.107. The number of nitrogens with one attached hydrogen (secondary N) is 1. The van der Waals surface area contributed by atoms with Crippen molar-refractivity contribution in [2.45, 2.75) is 6.18 Å². The van der Waals surface area contributed by atoms with E-state index in [2.05, 4.69) is 4.98 Å². The average Bonchev–Trinajstić information content (AvgIpc) is 2.93. The summed E-state index contributed by atoms with van der Waals surface area (Å²) in [6, 6.07) is 15.1. The molecule has 0 aliphatic heterocycles. The highest BCUT2D eigenvalue weighted by molar-refractivity contribution is 6.03. The Morgan fingerprint density at radius 3 is 2.02 bits per heavy atom. The van der Waals surface area contributed by atoms with Gasteiger partial charge in [0.05, 0.1) is 5.56 Å². The lowest BCUT2D eigenvalue weighted by molar-refractivity contribution is -0.138. The van der Waals surface area contributed by atoms with Crippen LogP contribution in [-0.4, -0.2) is 31.3 Å². The van der Waals surface area contributed by atoms with Crippen molar-refractivity contribution in [3.05, 3.63) is 95.9 Å². The first kappa shape index (κ1) is 27.9. The van der Waals surface area contributed by atoms with E-state index in [4.69, 9.17) is 20.6 Å². The molecule has 0 unspecified atom stereocenters. The lowest BCUT2D eigenvalue weighted by Crippen LogP contribution is -2.39. The van der Waals surface area contributed by atoms with Gasteiger partial charge in [0.15, 0.2) is 0 Å². The molecule has 4 aromatic rings. The van der Waals surface area contributed by atoms with Gasteiger partial charge in [0.1, 0.15) is 40.2 Å². The van der Waals surface area contributed by atoms with Crippen molar-refractivity contribution in [3.8, 4) is 23.0 Å². The summed E-state index contributed by atoms with van der Waals surface area (Å²) in [7, 11) is 2.82. The lowest BCUT2D eigenvalue weighted by atomic mass is 10.1. The number of alkyl halides is 3. The zero-order valence-electron chi connectivity index (χ0n) is 21.2. The number of hydrogen-bond donors (Lipinski definition) is 2. The fourth-order valence-corrected chi connectivity index (χ4v) is 3.68. The van der Waals surface area contributed by atoms with E-state index in [0.29, 0.717) is 22.7 Å². The first-order valence-corrected chi connectivity index (χ1v) is 11.7. The number of amides is 2. The standard InChI is InChI=1S/C28H23F4N5O3/c1-36(18-5-10-21(11-6-18)39-24-13-14-35-26(34)22(24)16-33)27(38)37(2)19-7-12-25(23(15-19)28(30,31)32)40-20-8-3-17(29)4-9-20/h3-16,33H,1-2H3,(H2,34,35). The van der Waals surface area contributed by atoms with Crippen molar-refractivity contribution >= 4 is 29.4 Å². The van der Waals surface area contributed by atoms with Gasteiger partial charge >= 0.3 is 12.2 Å². The molecular weight excluding hydrogens is 530 g/mol. The molecule has 0 saturated heterocycles. The predicted octanol–water partition coefficient (Wildman–Crippen LogP) is 7.10. The van der Waals surface area contributed by atoms with Crippen molar-refractivity contribution in [2.24, 2.45) is 0 Å². The SMILES string of the molecule is CN(C(=O)N(C)c1ccc(Oc2ccc(F)cc2)c(C(F)(F)F)c1)c1ccc(Oc2ccnc(N)c2C=N)cc1. The Morgan fingerprint density at radius 2 is 1.43 bits per heavy atom. The molecule has 1 heterocycles. The van der Waals surface area contributed by atoms with Crippen molar-refractivity contribution in [2.75, 3.05) is 29.6 Å². The summed E-state index contributed by atoms with van der Waals surface area (Å²) in [4.78, 5) is 19.4. The van der Waals surface area contributed by atoms with Crippen LogP contribution >= 0.6 is 0 Å². The van der Waals surface area contributed by atoms with Crippen LogP contribution in [0, 0.1) is 11.2 Å². The normalized spacial score (nSPS) is 11.1. The minimum atomic E-state index is -4.78. The number of anilines is 3. The van der Waals surface area contributed by atoms with E-state index in [9.17, 15) is 22.4 Å². The van der Waals surface area contributed by atoms with Crippen molar-refractivity contribution in [3.63, 3.8) is 0 Å². The molecule has 0 bridgehead atoms. The topological polar surface area (TPSA) is 105 Å². The van der Waals surface area contributed by atoms with Crippen LogP contribution in [0.4, 0.5) is 39.5 Å². The molecule has 0 atom stereocenters. The number of pyridine rings is 1. The van der Waals surface area contributed by atoms with Gasteiger partial charge in [0.25, 0.3) is 0 Å². The molecule has 0 aliphatic carbocycles. The van der Waals surface area contributed by atoms with Crippen LogP contribution in [0.1, 0.15) is 11.1 Å². The van der Waals surface area contributed by atoms with Gasteiger partial charge in [-0.1, -0.05) is 0 Å². The Balaban J connectivity index is 1.52. The second-order valence-corrected chi connectivity index (χ2v) is 8.48. The Morgan fingerprint density at radius 1 is 0.875 bits per heavy atom. The molecule has 0 aliphatic rings. The van der Waals surface area contributed by atoms with Gasteiger partial charge in [-0.15, -0.1) is 0 Å². The van der Waals surface area contributed by atoms with Crippen molar-refractivity contribution in [1.29, 1.82) is 5.41 Å². The largest absolute Gasteiger partial charge is 0.457 e. The number of benzene rings is 3. The van der Waals surface area contributed by atoms with Gasteiger partial charge in [-0.05, 0) is 72.8 Å². The van der Waals surface area contributed by atoms with Gasteiger partial charge in [0.2, 0.25) is 0 Å². The third-order valence-electron chi connectivity index (χ3n) is 5.85. The third kappa shape index (κ3) is 6.12. The molecule has 3 N–H and O–H groups in total. The number of rotatable bonds is 7. The van der Waals surface area contributed by atoms with E-state index in [1.54, 1.807) is 30.3 Å². The first-order valence-electron chi connectivity index (χ1n) is 11.7. The predicted molar refractivity (Wildman–Crippen MR) is 143 cm³/mol. The Bertz CT molecular complexity index is 1530. The minimum absolute atomic E-state index is 0.0231. The third-order valence-corrected chi connectivity index (χ3v) is 5.85. The number of nitrogens with zero attached hydrogens (tertiary/aromatic N) is 3. The van der Waals surface area contributed by atoms with Crippen LogP contribution in [-0.2, 0) is 6.18 Å². The summed E-state index contributed by atoms with van der Waals surface area (Å²) in [6.07, 6.45) is -2.31. The van der Waals surface area contributed by atoms with E-state index < -0.39 is 29.3 Å². The summed E-state index contributed by atoms with van der Waals surface area (Å²) >= 11 is 0. The molecule has 0 saturated carbocycles. The summed E-state index contributed by atoms with van der Waals surface area (Å²) in [5.41, 5.74) is 5.40. The maximum absolute atomic E-state index is 13.9. The van der Waals surface area contributed by atoms with E-state index in [0.717, 1.165) is 35.4 Å². The number of carbonyl (C=O) groups is 1. The Kier molecular flexibility index (Phi) is 7.89. The number of urea groups is 1. The molecule has 206 valence electrons. The summed E-state index contributed by atoms with van der Waals surface area (Å²) in [5, 5.41) is 7.50. The van der Waals surface area contributed by atoms with Gasteiger partial charge in [-0.3, -0.25) is 9.80 Å². The Hall–Kier alpha value is -5.13. The van der Waals surface area contributed by atoms with Gasteiger partial charge in [0, 0.05) is 37.9 Å². The number of ether oxygens (including phenoxy) is 2. The molecule has 0 spiro atoms. The van der Waals surface area contributed by atoms with E-state index in [1.807, 2.05) is 0 Å². The zero-order valence-corrected chi connectivity index (χ0v) is 21.2. The number of nitrogens with two attached hydrogens (primary N) is 1. The smallest absolute Gasteiger partial charge is 0.420 e. The molecule has 4 rings (SSSR count). The van der Waals surface area contributed by atoms with Gasteiger partial charge in [-0.2, -0.15) is 13.2 Å². The second-order valence-electron chi connectivity index (χ2n) is 8.48. The van der Waals surface area contributed by atoms with Gasteiger partial charge < -0.3 is 20.6 Å². The zero-order chi connectivity index (χ0) is 29.0. The first-order chi connectivity index (χ1) is 19.0. The van der Waals surface area contributed by atoms with Crippen molar-refractivity contribution in [1.82, 2.24) is 4.98 Å². The van der Waals surface area contributed by atoms with Crippen LogP contribution in [0.5, 0.6) is 23.0 Å². The number of aromatic nitrogens is 1. The number of halogens is 4. The quantitative estimate of drug-likeness (QED) is 0.188. The summed E-state index contributed by atoms with van der Waals surface area (Å²) in [6.45, 7) is 0. The minimum Gasteiger partial charge on any atom is -0.457 e. The maximum Gasteiger partial charge on any atom is 0.420 e. The monoisotopic (exact) mass is 553 g/mol. The van der Waals surface area contributed by atoms with Gasteiger partial charge in [-0.25, -0.2) is 14.2 Å². The number of carbonyl (C=O) groups excluding carboxylic acids is 1. The average molecular weight is 554 g/mol. The van der Waals surface area contributed by atoms with Crippen LogP contribution in [0.3, 0.4) is 0 Å². The van der Waals surface area contributed by atoms with Crippen LogP contribution < -0.4 is 25.0 Å². The van der Waals surface area contributed by atoms with Crippen LogP contribution in [0.15, 0.2) is 79.0 Å². The molecule has 12 heteroatoms. The van der Waals surface area contributed by atoms with E-state index in [1.165, 1.54) is 43.4 Å². The lowest BCUT2D eigenvalue weighted by Gasteiger charge is -2.26. The Labute approximate surface area is 226 Å². The van der Waals surface area contributed by atoms with E-state index >= 15 is 0 Å². The number of hydrogen-bond acceptors (Lipinski definition) is 6. The highest BCUT2D eigenvalue weighted by Crippen LogP contribution is 2.40. The molecule has 3 aromatic carbocycles. The molecule has 0 fully saturated rings. The molecular formula is C28H23F4N5O3. The fourth-order valence-electron chi connectivity index (χ4n) is 3.68. The molecule has 1 aromatic heterocycles. The maximum atomic E-state index is 13.9. The summed E-state index contributed by atoms with van der Waals surface area (Å²) in [5.74, 6) is -0.153. The van der Waals surface area contributed by atoms with Crippen LogP contribution in [0.25, 0.3) is 0 Å². The molecule has 8 nitrogen and oxygen atoms in total. The molecule has 0 radical (unpaired) electrons. The van der Waals surface area contributed by atoms with E-state index in [-0.39, 0.29) is 17.3 Å². The highest BCUT2D eigenvalue weighted by Gasteiger charge is 2.35. The number of nitrogen functional groups attached to an aromatic ring is 1. The second kappa shape index (κ2) is 11.3. The molecule has 40 heavy (non-hydrogen) atoms. The van der Waals surface area contributed by atoms with Crippen LogP contribution in [0.2, 0.25) is 0 Å². The summed E-state index contributed by atoms with van der Waals surface area (Å²) < 4.78 is 65.8.